The maximum absolute atomic E-state index is 11.4. The van der Waals surface area contributed by atoms with E-state index in [2.05, 4.69) is 0 Å². The number of para-hydroxylation sites is 1. The van der Waals surface area contributed by atoms with Crippen LogP contribution in [0.1, 0.15) is 5.56 Å². The van der Waals surface area contributed by atoms with E-state index in [0.29, 0.717) is 5.57 Å². The molecule has 0 bridgehead atoms. The largest absolute Gasteiger partial charge is 0.488 e. The fourth-order valence-electron chi connectivity index (χ4n) is 1.42. The molecule has 80 valence electrons. The van der Waals surface area contributed by atoms with Gasteiger partial charge in [-0.2, -0.15) is 5.26 Å². The lowest BCUT2D eigenvalue weighted by Crippen LogP contribution is -2.17. The second kappa shape index (κ2) is 4.49. The molecule has 0 unspecified atom stereocenters. The minimum atomic E-state index is -0.504. The van der Waals surface area contributed by atoms with Crippen molar-refractivity contribution in [3.05, 3.63) is 35.4 Å². The Morgan fingerprint density at radius 2 is 2.31 bits per heavy atom. The number of nitriles is 1. The number of fused-ring (bicyclic) bond motifs is 1. The lowest BCUT2D eigenvalue weighted by molar-refractivity contribution is -0.137. The summed E-state index contributed by atoms with van der Waals surface area (Å²) >= 11 is 0. The Morgan fingerprint density at radius 1 is 1.50 bits per heavy atom. The van der Waals surface area contributed by atoms with Crippen molar-refractivity contribution in [1.82, 2.24) is 0 Å². The minimum absolute atomic E-state index is 0.182. The molecule has 0 saturated carbocycles. The van der Waals surface area contributed by atoms with E-state index in [1.54, 1.807) is 12.1 Å². The van der Waals surface area contributed by atoms with Crippen LogP contribution in [0.5, 0.6) is 5.75 Å². The molecule has 0 aromatic heterocycles. The van der Waals surface area contributed by atoms with Gasteiger partial charge in [-0.1, -0.05) is 18.2 Å². The fourth-order valence-corrected chi connectivity index (χ4v) is 1.42. The Bertz CT molecular complexity index is 485. The molecule has 0 radical (unpaired) electrons. The number of carbonyl (C=O) groups is 1. The second-order valence-corrected chi connectivity index (χ2v) is 3.23. The monoisotopic (exact) mass is 215 g/mol. The van der Waals surface area contributed by atoms with Crippen LogP contribution in [-0.2, 0) is 9.53 Å². The molecule has 0 aliphatic carbocycles. The molecule has 1 heterocycles. The van der Waals surface area contributed by atoms with E-state index < -0.39 is 5.97 Å². The predicted molar refractivity (Wildman–Crippen MR) is 56.5 cm³/mol. The Morgan fingerprint density at radius 3 is 3.12 bits per heavy atom. The van der Waals surface area contributed by atoms with E-state index in [-0.39, 0.29) is 13.2 Å². The van der Waals surface area contributed by atoms with E-state index in [4.69, 9.17) is 14.7 Å². The molecule has 1 aliphatic rings. The molecule has 0 spiro atoms. The molecular weight excluding hydrogens is 206 g/mol. The second-order valence-electron chi connectivity index (χ2n) is 3.23. The number of hydrogen-bond acceptors (Lipinski definition) is 4. The van der Waals surface area contributed by atoms with Gasteiger partial charge < -0.3 is 9.47 Å². The van der Waals surface area contributed by atoms with Gasteiger partial charge in [0, 0.05) is 5.56 Å². The van der Waals surface area contributed by atoms with Crippen LogP contribution in [-0.4, -0.2) is 19.2 Å². The highest BCUT2D eigenvalue weighted by Gasteiger charge is 2.17. The normalized spacial score (nSPS) is 12.8. The minimum Gasteiger partial charge on any atom is -0.488 e. The third-order valence-corrected chi connectivity index (χ3v) is 2.16. The summed E-state index contributed by atoms with van der Waals surface area (Å²) < 4.78 is 10.1. The smallest absolute Gasteiger partial charge is 0.338 e. The molecule has 0 atom stereocenters. The summed E-state index contributed by atoms with van der Waals surface area (Å²) in [5.41, 5.74) is 1.27. The van der Waals surface area contributed by atoms with Gasteiger partial charge in [-0.15, -0.1) is 0 Å². The molecule has 1 aromatic carbocycles. The standard InChI is InChI=1S/C12H9NO3/c13-5-6-15-12(14)10-7-9-3-1-2-4-11(9)16-8-10/h1-4,7H,6,8H2. The van der Waals surface area contributed by atoms with Gasteiger partial charge in [-0.05, 0) is 12.1 Å². The van der Waals surface area contributed by atoms with Gasteiger partial charge in [0.2, 0.25) is 0 Å². The molecule has 0 fully saturated rings. The maximum Gasteiger partial charge on any atom is 0.338 e. The van der Waals surface area contributed by atoms with Crippen molar-refractivity contribution in [3.8, 4) is 11.8 Å². The summed E-state index contributed by atoms with van der Waals surface area (Å²) in [6.45, 7) is -0.0565. The lowest BCUT2D eigenvalue weighted by atomic mass is 10.1. The number of esters is 1. The zero-order valence-corrected chi connectivity index (χ0v) is 8.47. The van der Waals surface area contributed by atoms with Crippen LogP contribution < -0.4 is 4.74 Å². The molecule has 4 nitrogen and oxygen atoms in total. The molecule has 0 saturated heterocycles. The van der Waals surface area contributed by atoms with E-state index >= 15 is 0 Å². The van der Waals surface area contributed by atoms with E-state index in [9.17, 15) is 4.79 Å². The first kappa shape index (κ1) is 10.2. The average Bonchev–Trinajstić information content (AvgIpc) is 2.35. The van der Waals surface area contributed by atoms with Gasteiger partial charge in [0.1, 0.15) is 18.4 Å². The van der Waals surface area contributed by atoms with Gasteiger partial charge in [0.25, 0.3) is 0 Å². The first-order valence-electron chi connectivity index (χ1n) is 4.78. The predicted octanol–water partition coefficient (Wildman–Crippen LogP) is 1.53. The first-order chi connectivity index (χ1) is 7.81. The van der Waals surface area contributed by atoms with Crippen molar-refractivity contribution < 1.29 is 14.3 Å². The molecular formula is C12H9NO3. The van der Waals surface area contributed by atoms with Crippen LogP contribution in [0.25, 0.3) is 6.08 Å². The van der Waals surface area contributed by atoms with Crippen LogP contribution in [0.4, 0.5) is 0 Å². The lowest BCUT2D eigenvalue weighted by Gasteiger charge is -2.16. The molecule has 4 heteroatoms. The Hall–Kier alpha value is -2.28. The summed E-state index contributed by atoms with van der Waals surface area (Å²) in [6, 6.07) is 9.17. The quantitative estimate of drug-likeness (QED) is 0.702. The van der Waals surface area contributed by atoms with Crippen molar-refractivity contribution in [1.29, 1.82) is 5.26 Å². The van der Waals surface area contributed by atoms with Crippen LogP contribution >= 0.6 is 0 Å². The summed E-state index contributed by atoms with van der Waals surface area (Å²) in [6.07, 6.45) is 1.72. The Balaban J connectivity index is 2.18. The van der Waals surface area contributed by atoms with Crippen molar-refractivity contribution in [2.45, 2.75) is 0 Å². The zero-order valence-electron chi connectivity index (χ0n) is 8.47. The topological polar surface area (TPSA) is 59.3 Å². The molecule has 2 rings (SSSR count). The van der Waals surface area contributed by atoms with Crippen molar-refractivity contribution >= 4 is 12.0 Å². The van der Waals surface area contributed by atoms with E-state index in [1.165, 1.54) is 0 Å². The third kappa shape index (κ3) is 2.04. The number of ether oxygens (including phenoxy) is 2. The highest BCUT2D eigenvalue weighted by molar-refractivity contribution is 5.95. The number of benzene rings is 1. The molecule has 0 amide bonds. The summed E-state index contributed by atoms with van der Waals surface area (Å²) in [5, 5.41) is 8.29. The van der Waals surface area contributed by atoms with Crippen LogP contribution in [0, 0.1) is 11.3 Å². The molecule has 16 heavy (non-hydrogen) atoms. The van der Waals surface area contributed by atoms with E-state index in [0.717, 1.165) is 11.3 Å². The van der Waals surface area contributed by atoms with Gasteiger partial charge in [-0.25, -0.2) is 4.79 Å². The first-order valence-corrected chi connectivity index (χ1v) is 4.78. The van der Waals surface area contributed by atoms with Crippen molar-refractivity contribution in [2.75, 3.05) is 13.2 Å². The zero-order chi connectivity index (χ0) is 11.4. The molecule has 1 aromatic rings. The number of nitrogens with zero attached hydrogens (tertiary/aromatic N) is 1. The van der Waals surface area contributed by atoms with Gasteiger partial charge in [0.05, 0.1) is 5.57 Å². The SMILES string of the molecule is N#CCOC(=O)C1=Cc2ccccc2OC1. The Kier molecular flexibility index (Phi) is 2.88. The highest BCUT2D eigenvalue weighted by atomic mass is 16.5. The number of carbonyl (C=O) groups excluding carboxylic acids is 1. The van der Waals surface area contributed by atoms with Crippen molar-refractivity contribution in [2.24, 2.45) is 0 Å². The third-order valence-electron chi connectivity index (χ3n) is 2.16. The summed E-state index contributed by atoms with van der Waals surface area (Å²) in [7, 11) is 0. The highest BCUT2D eigenvalue weighted by Crippen LogP contribution is 2.25. The average molecular weight is 215 g/mol. The van der Waals surface area contributed by atoms with Gasteiger partial charge in [0.15, 0.2) is 6.61 Å². The van der Waals surface area contributed by atoms with Crippen LogP contribution in [0.15, 0.2) is 29.8 Å². The van der Waals surface area contributed by atoms with Gasteiger partial charge >= 0.3 is 5.97 Å². The van der Waals surface area contributed by atoms with E-state index in [1.807, 2.05) is 24.3 Å². The molecule has 1 aliphatic heterocycles. The summed E-state index contributed by atoms with van der Waals surface area (Å²) in [4.78, 5) is 11.4. The Labute approximate surface area is 92.7 Å². The van der Waals surface area contributed by atoms with Crippen LogP contribution in [0.3, 0.4) is 0 Å². The van der Waals surface area contributed by atoms with Crippen LogP contribution in [0.2, 0.25) is 0 Å². The number of hydrogen-bond donors (Lipinski definition) is 0. The molecule has 0 N–H and O–H groups in total. The maximum atomic E-state index is 11.4. The number of rotatable bonds is 2. The van der Waals surface area contributed by atoms with Gasteiger partial charge in [-0.3, -0.25) is 0 Å². The van der Waals surface area contributed by atoms with Crippen molar-refractivity contribution in [3.63, 3.8) is 0 Å². The summed E-state index contributed by atoms with van der Waals surface area (Å²) in [5.74, 6) is 0.246. The fraction of sp³-hybridized carbons (Fsp3) is 0.167.